The summed E-state index contributed by atoms with van der Waals surface area (Å²) in [5.74, 6) is 1.55. The van der Waals surface area contributed by atoms with E-state index in [1.165, 1.54) is 6.33 Å². The fourth-order valence-corrected chi connectivity index (χ4v) is 2.23. The molecule has 0 unspecified atom stereocenters. The zero-order chi connectivity index (χ0) is 12.5. The predicted molar refractivity (Wildman–Crippen MR) is 65.0 cm³/mol. The summed E-state index contributed by atoms with van der Waals surface area (Å²) in [5, 5.41) is 15.2. The number of aromatic amines is 1. The van der Waals surface area contributed by atoms with Crippen molar-refractivity contribution < 1.29 is 0 Å². The smallest absolute Gasteiger partial charge is 0.246 e. The van der Waals surface area contributed by atoms with E-state index in [1.807, 2.05) is 13.8 Å². The van der Waals surface area contributed by atoms with Gasteiger partial charge in [-0.2, -0.15) is 10.2 Å². The third-order valence-electron chi connectivity index (χ3n) is 3.34. The van der Waals surface area contributed by atoms with Gasteiger partial charge in [0.25, 0.3) is 0 Å². The van der Waals surface area contributed by atoms with Crippen molar-refractivity contribution in [3.63, 3.8) is 0 Å². The van der Waals surface area contributed by atoms with Gasteiger partial charge < -0.3 is 4.90 Å². The van der Waals surface area contributed by atoms with Crippen molar-refractivity contribution in [2.24, 2.45) is 0 Å². The largest absolute Gasteiger partial charge is 0.329 e. The molecule has 18 heavy (non-hydrogen) atoms. The standard InChI is InChI=1S/C11H15N7/c1-7-8(2)15-17-11(14-7)18-5-3-4-9(18)10-12-6-13-16-10/h6,9H,3-5H2,1-2H3,(H,12,13,16)/t9-/m0/s1. The SMILES string of the molecule is Cc1nnc(N2CCC[C@H]2c2ncn[nH]2)nc1C. The lowest BCUT2D eigenvalue weighted by atomic mass is 10.2. The van der Waals surface area contributed by atoms with Crippen LogP contribution in [0, 0.1) is 13.8 Å². The fraction of sp³-hybridized carbons (Fsp3) is 0.545. The molecule has 94 valence electrons. The molecular formula is C11H15N7. The lowest BCUT2D eigenvalue weighted by Crippen LogP contribution is -2.26. The normalized spacial score (nSPS) is 19.4. The third-order valence-corrected chi connectivity index (χ3v) is 3.34. The molecule has 2 aromatic rings. The van der Waals surface area contributed by atoms with E-state index < -0.39 is 0 Å². The van der Waals surface area contributed by atoms with Crippen LogP contribution >= 0.6 is 0 Å². The van der Waals surface area contributed by atoms with Gasteiger partial charge in [0.15, 0.2) is 0 Å². The number of nitrogens with one attached hydrogen (secondary N) is 1. The van der Waals surface area contributed by atoms with Gasteiger partial charge in [0.2, 0.25) is 5.95 Å². The summed E-state index contributed by atoms with van der Waals surface area (Å²) in [4.78, 5) is 10.9. The van der Waals surface area contributed by atoms with Crippen molar-refractivity contribution >= 4 is 5.95 Å². The summed E-state index contributed by atoms with van der Waals surface area (Å²) in [6.45, 7) is 4.79. The van der Waals surface area contributed by atoms with Crippen molar-refractivity contribution in [1.82, 2.24) is 30.4 Å². The van der Waals surface area contributed by atoms with Crippen LogP contribution in [0.4, 0.5) is 5.95 Å². The first-order valence-electron chi connectivity index (χ1n) is 6.05. The Morgan fingerprint density at radius 3 is 2.89 bits per heavy atom. The number of aryl methyl sites for hydroxylation is 2. The van der Waals surface area contributed by atoms with Crippen LogP contribution < -0.4 is 4.90 Å². The Hall–Kier alpha value is -2.05. The first-order chi connectivity index (χ1) is 8.75. The van der Waals surface area contributed by atoms with Crippen molar-refractivity contribution in [3.8, 4) is 0 Å². The van der Waals surface area contributed by atoms with Crippen LogP contribution in [0.3, 0.4) is 0 Å². The van der Waals surface area contributed by atoms with Gasteiger partial charge in [-0.1, -0.05) is 0 Å². The molecule has 2 aromatic heterocycles. The van der Waals surface area contributed by atoms with Crippen molar-refractivity contribution in [2.45, 2.75) is 32.7 Å². The highest BCUT2D eigenvalue weighted by Crippen LogP contribution is 2.32. The summed E-state index contributed by atoms with van der Waals surface area (Å²) in [5.41, 5.74) is 1.79. The van der Waals surface area contributed by atoms with E-state index in [4.69, 9.17) is 0 Å². The number of aromatic nitrogens is 6. The number of hydrogen-bond donors (Lipinski definition) is 1. The topological polar surface area (TPSA) is 83.5 Å². The highest BCUT2D eigenvalue weighted by Gasteiger charge is 2.30. The lowest BCUT2D eigenvalue weighted by molar-refractivity contribution is 0.648. The fourth-order valence-electron chi connectivity index (χ4n) is 2.23. The monoisotopic (exact) mass is 245 g/mol. The Labute approximate surface area is 105 Å². The van der Waals surface area contributed by atoms with Gasteiger partial charge in [-0.25, -0.2) is 9.97 Å². The highest BCUT2D eigenvalue weighted by atomic mass is 15.4. The van der Waals surface area contributed by atoms with E-state index in [1.54, 1.807) is 0 Å². The molecule has 1 aliphatic rings. The molecule has 0 bridgehead atoms. The molecule has 0 spiro atoms. The summed E-state index contributed by atoms with van der Waals surface area (Å²) in [7, 11) is 0. The second-order valence-electron chi connectivity index (χ2n) is 4.50. The predicted octanol–water partition coefficient (Wildman–Crippen LogP) is 0.948. The average Bonchev–Trinajstić information content (AvgIpc) is 3.00. The Bertz CT molecular complexity index is 536. The van der Waals surface area contributed by atoms with Gasteiger partial charge in [0.05, 0.1) is 17.4 Å². The summed E-state index contributed by atoms with van der Waals surface area (Å²) >= 11 is 0. The number of hydrogen-bond acceptors (Lipinski definition) is 6. The van der Waals surface area contributed by atoms with Gasteiger partial charge in [0.1, 0.15) is 12.2 Å². The van der Waals surface area contributed by atoms with Gasteiger partial charge in [-0.15, -0.1) is 5.10 Å². The van der Waals surface area contributed by atoms with Crippen molar-refractivity contribution in [3.05, 3.63) is 23.5 Å². The zero-order valence-corrected chi connectivity index (χ0v) is 10.5. The van der Waals surface area contributed by atoms with E-state index in [-0.39, 0.29) is 6.04 Å². The molecule has 0 aromatic carbocycles. The van der Waals surface area contributed by atoms with E-state index in [9.17, 15) is 0 Å². The molecule has 0 aliphatic carbocycles. The van der Waals surface area contributed by atoms with Crippen LogP contribution in [0.2, 0.25) is 0 Å². The molecule has 0 radical (unpaired) electrons. The van der Waals surface area contributed by atoms with Gasteiger partial charge in [0, 0.05) is 6.54 Å². The number of rotatable bonds is 2. The van der Waals surface area contributed by atoms with Crippen LogP contribution in [0.25, 0.3) is 0 Å². The van der Waals surface area contributed by atoms with Crippen LogP contribution in [0.5, 0.6) is 0 Å². The molecule has 0 amide bonds. The Balaban J connectivity index is 1.93. The van der Waals surface area contributed by atoms with Gasteiger partial charge in [-0.3, -0.25) is 5.10 Å². The van der Waals surface area contributed by atoms with Crippen LogP contribution in [-0.4, -0.2) is 36.9 Å². The molecule has 3 heterocycles. The number of H-pyrrole nitrogens is 1. The molecule has 1 atom stereocenters. The highest BCUT2D eigenvalue weighted by molar-refractivity contribution is 5.35. The van der Waals surface area contributed by atoms with Crippen LogP contribution in [0.15, 0.2) is 6.33 Å². The molecule has 7 nitrogen and oxygen atoms in total. The summed E-state index contributed by atoms with van der Waals surface area (Å²) in [6.07, 6.45) is 3.67. The van der Waals surface area contributed by atoms with Crippen LogP contribution in [0.1, 0.15) is 36.1 Å². The Morgan fingerprint density at radius 2 is 2.17 bits per heavy atom. The van der Waals surface area contributed by atoms with Crippen LogP contribution in [-0.2, 0) is 0 Å². The summed E-state index contributed by atoms with van der Waals surface area (Å²) in [6, 6.07) is 0.177. The molecular weight excluding hydrogens is 230 g/mol. The van der Waals surface area contributed by atoms with Crippen molar-refractivity contribution in [1.29, 1.82) is 0 Å². The Morgan fingerprint density at radius 1 is 1.28 bits per heavy atom. The third kappa shape index (κ3) is 1.81. The van der Waals surface area contributed by atoms with E-state index in [0.717, 1.165) is 36.6 Å². The molecule has 1 fully saturated rings. The minimum absolute atomic E-state index is 0.177. The minimum Gasteiger partial charge on any atom is -0.329 e. The summed E-state index contributed by atoms with van der Waals surface area (Å²) < 4.78 is 0. The Kier molecular flexibility index (Phi) is 2.66. The molecule has 1 aliphatic heterocycles. The second kappa shape index (κ2) is 4.32. The maximum atomic E-state index is 4.51. The molecule has 1 saturated heterocycles. The zero-order valence-electron chi connectivity index (χ0n) is 10.5. The number of anilines is 1. The quantitative estimate of drug-likeness (QED) is 0.848. The molecule has 0 saturated carbocycles. The van der Waals surface area contributed by atoms with E-state index >= 15 is 0 Å². The average molecular weight is 245 g/mol. The van der Waals surface area contributed by atoms with E-state index in [0.29, 0.717) is 5.95 Å². The maximum Gasteiger partial charge on any atom is 0.246 e. The molecule has 3 rings (SSSR count). The first-order valence-corrected chi connectivity index (χ1v) is 6.05. The lowest BCUT2D eigenvalue weighted by Gasteiger charge is -2.22. The van der Waals surface area contributed by atoms with Crippen molar-refractivity contribution in [2.75, 3.05) is 11.4 Å². The molecule has 7 heteroatoms. The van der Waals surface area contributed by atoms with Gasteiger partial charge in [-0.05, 0) is 26.7 Å². The molecule has 1 N–H and O–H groups in total. The second-order valence-corrected chi connectivity index (χ2v) is 4.50. The van der Waals surface area contributed by atoms with E-state index in [2.05, 4.69) is 35.3 Å². The maximum absolute atomic E-state index is 4.51. The first kappa shape index (κ1) is 11.1. The minimum atomic E-state index is 0.177. The van der Waals surface area contributed by atoms with Gasteiger partial charge >= 0.3 is 0 Å². The number of nitrogens with zero attached hydrogens (tertiary/aromatic N) is 6.